The van der Waals surface area contributed by atoms with Crippen LogP contribution in [0.25, 0.3) is 0 Å². The monoisotopic (exact) mass is 349 g/mol. The molecule has 0 saturated heterocycles. The first-order valence-electron chi connectivity index (χ1n) is 7.20. The molecule has 0 heterocycles. The molecule has 23 heavy (non-hydrogen) atoms. The summed E-state index contributed by atoms with van der Waals surface area (Å²) in [5.74, 6) is -0.685. The first-order valence-corrected chi connectivity index (χ1v) is 7.96. The van der Waals surface area contributed by atoms with Crippen molar-refractivity contribution in [1.29, 1.82) is 0 Å². The molecule has 2 aromatic carbocycles. The average molecular weight is 350 g/mol. The summed E-state index contributed by atoms with van der Waals surface area (Å²) in [4.78, 5) is 25.3. The third kappa shape index (κ3) is 4.57. The zero-order valence-electron chi connectivity index (χ0n) is 12.7. The van der Waals surface area contributed by atoms with Gasteiger partial charge in [-0.15, -0.1) is 0 Å². The van der Waals surface area contributed by atoms with E-state index in [1.54, 1.807) is 30.1 Å². The van der Waals surface area contributed by atoms with Crippen molar-refractivity contribution in [2.24, 2.45) is 0 Å². The zero-order chi connectivity index (χ0) is 16.8. The summed E-state index contributed by atoms with van der Waals surface area (Å²) in [6.07, 6.45) is 0.858. The third-order valence-electron chi connectivity index (χ3n) is 3.61. The molecule has 120 valence electrons. The quantitative estimate of drug-likeness (QED) is 0.728. The normalized spacial score (nSPS) is 11.8. The maximum absolute atomic E-state index is 12.7. The summed E-state index contributed by atoms with van der Waals surface area (Å²) >= 11 is 11.9. The number of nitrogens with zero attached hydrogens (tertiary/aromatic N) is 1. The van der Waals surface area contributed by atoms with Crippen LogP contribution in [0.15, 0.2) is 48.5 Å². The van der Waals surface area contributed by atoms with Crippen LogP contribution in [-0.4, -0.2) is 24.1 Å². The fourth-order valence-corrected chi connectivity index (χ4v) is 2.71. The molecule has 5 heteroatoms. The van der Waals surface area contributed by atoms with E-state index in [1.807, 2.05) is 30.3 Å². The molecular formula is C18H17Cl2NO2. The van der Waals surface area contributed by atoms with E-state index < -0.39 is 5.92 Å². The number of carbonyl (C=O) groups is 2. The van der Waals surface area contributed by atoms with Gasteiger partial charge in [-0.05, 0) is 23.3 Å². The van der Waals surface area contributed by atoms with Crippen LogP contribution in [0.2, 0.25) is 10.0 Å². The van der Waals surface area contributed by atoms with Crippen molar-refractivity contribution in [3.63, 3.8) is 0 Å². The van der Waals surface area contributed by atoms with Gasteiger partial charge < -0.3 is 9.69 Å². The Hall–Kier alpha value is -1.84. The highest BCUT2D eigenvalue weighted by molar-refractivity contribution is 6.42. The van der Waals surface area contributed by atoms with Gasteiger partial charge in [0.1, 0.15) is 6.29 Å². The minimum atomic E-state index is -0.559. The topological polar surface area (TPSA) is 37.4 Å². The van der Waals surface area contributed by atoms with Crippen molar-refractivity contribution < 1.29 is 9.59 Å². The first kappa shape index (κ1) is 17.5. The van der Waals surface area contributed by atoms with E-state index in [4.69, 9.17) is 23.2 Å². The molecule has 3 nitrogen and oxygen atoms in total. The molecule has 0 radical (unpaired) electrons. The lowest BCUT2D eigenvalue weighted by Gasteiger charge is -2.23. The van der Waals surface area contributed by atoms with E-state index in [2.05, 4.69) is 0 Å². The summed E-state index contributed by atoms with van der Waals surface area (Å²) in [7, 11) is 1.73. The zero-order valence-corrected chi connectivity index (χ0v) is 14.2. The number of aldehydes is 1. The Morgan fingerprint density at radius 3 is 2.43 bits per heavy atom. The van der Waals surface area contributed by atoms with Crippen LogP contribution < -0.4 is 0 Å². The fourth-order valence-electron chi connectivity index (χ4n) is 2.41. The van der Waals surface area contributed by atoms with Gasteiger partial charge >= 0.3 is 0 Å². The maximum Gasteiger partial charge on any atom is 0.230 e. The van der Waals surface area contributed by atoms with Crippen molar-refractivity contribution in [3.05, 3.63) is 69.7 Å². The first-order chi connectivity index (χ1) is 11.0. The van der Waals surface area contributed by atoms with Crippen LogP contribution >= 0.6 is 23.2 Å². The van der Waals surface area contributed by atoms with Crippen LogP contribution in [-0.2, 0) is 16.1 Å². The van der Waals surface area contributed by atoms with Crippen molar-refractivity contribution in [2.75, 3.05) is 7.05 Å². The lowest BCUT2D eigenvalue weighted by atomic mass is 9.94. The molecule has 0 aliphatic rings. The molecule has 0 N–H and O–H groups in total. The SMILES string of the molecule is CN(Cc1ccccc1)C(=O)[C@@H](CC=O)c1ccc(Cl)c(Cl)c1. The predicted molar refractivity (Wildman–Crippen MR) is 92.8 cm³/mol. The van der Waals surface area contributed by atoms with Crippen LogP contribution in [0.4, 0.5) is 0 Å². The van der Waals surface area contributed by atoms with Gasteiger partial charge in [0.15, 0.2) is 0 Å². The van der Waals surface area contributed by atoms with Gasteiger partial charge in [-0.2, -0.15) is 0 Å². The van der Waals surface area contributed by atoms with Crippen LogP contribution in [0.1, 0.15) is 23.5 Å². The minimum Gasteiger partial charge on any atom is -0.341 e. The third-order valence-corrected chi connectivity index (χ3v) is 4.35. The molecule has 2 aromatic rings. The highest BCUT2D eigenvalue weighted by atomic mass is 35.5. The smallest absolute Gasteiger partial charge is 0.230 e. The number of amides is 1. The number of benzene rings is 2. The molecule has 0 aliphatic carbocycles. The van der Waals surface area contributed by atoms with Gasteiger partial charge in [-0.3, -0.25) is 4.79 Å². The highest BCUT2D eigenvalue weighted by Crippen LogP contribution is 2.29. The molecule has 1 amide bonds. The van der Waals surface area contributed by atoms with E-state index in [0.717, 1.165) is 11.8 Å². The van der Waals surface area contributed by atoms with E-state index in [-0.39, 0.29) is 12.3 Å². The molecule has 0 aliphatic heterocycles. The Kier molecular flexibility index (Phi) is 6.20. The fraction of sp³-hybridized carbons (Fsp3) is 0.222. The van der Waals surface area contributed by atoms with E-state index in [1.165, 1.54) is 0 Å². The Morgan fingerprint density at radius 1 is 1.13 bits per heavy atom. The number of halogens is 2. The molecule has 0 unspecified atom stereocenters. The van der Waals surface area contributed by atoms with Crippen molar-refractivity contribution in [3.8, 4) is 0 Å². The van der Waals surface area contributed by atoms with Crippen molar-refractivity contribution in [1.82, 2.24) is 4.90 Å². The Balaban J connectivity index is 2.20. The lowest BCUT2D eigenvalue weighted by Crippen LogP contribution is -2.31. The molecule has 1 atom stereocenters. The van der Waals surface area contributed by atoms with Gasteiger partial charge in [0.2, 0.25) is 5.91 Å². The van der Waals surface area contributed by atoms with Crippen molar-refractivity contribution in [2.45, 2.75) is 18.9 Å². The van der Waals surface area contributed by atoms with E-state index in [9.17, 15) is 9.59 Å². The standard InChI is InChI=1S/C18H17Cl2NO2/c1-21(12-13-5-3-2-4-6-13)18(23)15(9-10-22)14-7-8-16(19)17(20)11-14/h2-8,10-11,15H,9,12H2,1H3/t15-/m0/s1. The molecule has 2 rings (SSSR count). The Morgan fingerprint density at radius 2 is 1.83 bits per heavy atom. The van der Waals surface area contributed by atoms with Crippen LogP contribution in [0, 0.1) is 0 Å². The molecule has 0 spiro atoms. The number of hydrogen-bond acceptors (Lipinski definition) is 2. The van der Waals surface area contributed by atoms with Crippen LogP contribution in [0.5, 0.6) is 0 Å². The predicted octanol–water partition coefficient (Wildman–Crippen LogP) is 4.32. The summed E-state index contributed by atoms with van der Waals surface area (Å²) in [5, 5.41) is 0.795. The molecule has 0 bridgehead atoms. The van der Waals surface area contributed by atoms with Crippen LogP contribution in [0.3, 0.4) is 0 Å². The van der Waals surface area contributed by atoms with Gasteiger partial charge in [0.25, 0.3) is 0 Å². The average Bonchev–Trinajstić information content (AvgIpc) is 2.55. The summed E-state index contributed by atoms with van der Waals surface area (Å²) in [5.41, 5.74) is 1.72. The molecular weight excluding hydrogens is 333 g/mol. The summed E-state index contributed by atoms with van der Waals surface area (Å²) < 4.78 is 0. The number of carbonyl (C=O) groups excluding carboxylic acids is 2. The van der Waals surface area contributed by atoms with E-state index >= 15 is 0 Å². The van der Waals surface area contributed by atoms with Gasteiger partial charge in [-0.25, -0.2) is 0 Å². The number of hydrogen-bond donors (Lipinski definition) is 0. The Labute approximate surface area is 145 Å². The minimum absolute atomic E-state index is 0.107. The second-order valence-electron chi connectivity index (χ2n) is 5.31. The number of likely N-dealkylation sites (N-methyl/N-ethyl adjacent to an activating group) is 1. The summed E-state index contributed by atoms with van der Waals surface area (Å²) in [6.45, 7) is 0.482. The molecule has 0 fully saturated rings. The summed E-state index contributed by atoms with van der Waals surface area (Å²) in [6, 6.07) is 14.7. The largest absolute Gasteiger partial charge is 0.341 e. The molecule has 0 aromatic heterocycles. The maximum atomic E-state index is 12.7. The number of rotatable bonds is 6. The Bertz CT molecular complexity index is 689. The van der Waals surface area contributed by atoms with Crippen molar-refractivity contribution >= 4 is 35.4 Å². The van der Waals surface area contributed by atoms with E-state index in [0.29, 0.717) is 22.2 Å². The second kappa shape index (κ2) is 8.14. The lowest BCUT2D eigenvalue weighted by molar-refractivity contribution is -0.133. The highest BCUT2D eigenvalue weighted by Gasteiger charge is 2.24. The van der Waals surface area contributed by atoms with Gasteiger partial charge in [0, 0.05) is 20.0 Å². The second-order valence-corrected chi connectivity index (χ2v) is 6.12. The van der Waals surface area contributed by atoms with Gasteiger partial charge in [0.05, 0.1) is 16.0 Å². The van der Waals surface area contributed by atoms with Gasteiger partial charge in [-0.1, -0.05) is 59.6 Å². The molecule has 0 saturated carbocycles.